The van der Waals surface area contributed by atoms with Crippen LogP contribution in [0, 0.1) is 5.92 Å². The Bertz CT molecular complexity index is 138. The van der Waals surface area contributed by atoms with E-state index in [1.165, 1.54) is 12.8 Å². The van der Waals surface area contributed by atoms with Crippen LogP contribution in [0.5, 0.6) is 0 Å². The molecule has 0 spiro atoms. The summed E-state index contributed by atoms with van der Waals surface area (Å²) in [6, 6.07) is 0.0432. The van der Waals surface area contributed by atoms with Gasteiger partial charge < -0.3 is 5.73 Å². The molecule has 2 nitrogen and oxygen atoms in total. The normalized spacial score (nSPS) is 19.8. The fourth-order valence-electron chi connectivity index (χ4n) is 1.23. The van der Waals surface area contributed by atoms with Gasteiger partial charge in [0.05, 0.1) is 0 Å². The van der Waals surface area contributed by atoms with Crippen LogP contribution in [0.25, 0.3) is 0 Å². The molecule has 1 aliphatic rings. The van der Waals surface area contributed by atoms with Crippen molar-refractivity contribution in [3.05, 3.63) is 0 Å². The number of ketones is 1. The second-order valence-electron chi connectivity index (χ2n) is 3.70. The summed E-state index contributed by atoms with van der Waals surface area (Å²) < 4.78 is 0. The predicted molar refractivity (Wildman–Crippen MR) is 45.2 cm³/mol. The van der Waals surface area contributed by atoms with E-state index in [4.69, 9.17) is 5.73 Å². The zero-order valence-corrected chi connectivity index (χ0v) is 7.18. The molecule has 0 aromatic rings. The number of nitrogens with two attached hydrogens (primary N) is 1. The van der Waals surface area contributed by atoms with Gasteiger partial charge in [0.25, 0.3) is 0 Å². The highest BCUT2D eigenvalue weighted by atomic mass is 16.1. The van der Waals surface area contributed by atoms with Crippen LogP contribution in [-0.2, 0) is 4.79 Å². The molecule has 2 heteroatoms. The molecule has 1 aliphatic carbocycles. The van der Waals surface area contributed by atoms with Gasteiger partial charge in [0, 0.05) is 18.9 Å². The molecule has 11 heavy (non-hydrogen) atoms. The van der Waals surface area contributed by atoms with Gasteiger partial charge in [0.1, 0.15) is 5.78 Å². The van der Waals surface area contributed by atoms with Crippen molar-refractivity contribution in [2.75, 3.05) is 0 Å². The summed E-state index contributed by atoms with van der Waals surface area (Å²) in [5.74, 6) is 1.21. The molecular weight excluding hydrogens is 138 g/mol. The molecule has 1 fully saturated rings. The van der Waals surface area contributed by atoms with E-state index in [0.717, 1.165) is 18.8 Å². The topological polar surface area (TPSA) is 43.1 Å². The SMILES string of the molecule is C[C@@H](N)CC(=O)CCC1CC1. The van der Waals surface area contributed by atoms with Gasteiger partial charge in [-0.15, -0.1) is 0 Å². The van der Waals surface area contributed by atoms with Gasteiger partial charge in [-0.25, -0.2) is 0 Å². The molecule has 64 valence electrons. The second kappa shape index (κ2) is 3.86. The lowest BCUT2D eigenvalue weighted by atomic mass is 10.1. The fraction of sp³-hybridized carbons (Fsp3) is 0.889. The van der Waals surface area contributed by atoms with Crippen molar-refractivity contribution in [2.24, 2.45) is 11.7 Å². The Morgan fingerprint density at radius 2 is 2.27 bits per heavy atom. The third kappa shape index (κ3) is 4.14. The Morgan fingerprint density at radius 3 is 2.73 bits per heavy atom. The van der Waals surface area contributed by atoms with Crippen LogP contribution in [-0.4, -0.2) is 11.8 Å². The fourth-order valence-corrected chi connectivity index (χ4v) is 1.23. The molecule has 2 N–H and O–H groups in total. The monoisotopic (exact) mass is 155 g/mol. The van der Waals surface area contributed by atoms with Crippen molar-refractivity contribution in [3.8, 4) is 0 Å². The van der Waals surface area contributed by atoms with Crippen LogP contribution >= 0.6 is 0 Å². The average Bonchev–Trinajstić information content (AvgIpc) is 2.63. The summed E-state index contributed by atoms with van der Waals surface area (Å²) in [4.78, 5) is 11.1. The number of hydrogen-bond donors (Lipinski definition) is 1. The van der Waals surface area contributed by atoms with E-state index in [1.807, 2.05) is 6.92 Å². The van der Waals surface area contributed by atoms with Crippen LogP contribution in [0.15, 0.2) is 0 Å². The maximum Gasteiger partial charge on any atom is 0.134 e. The minimum Gasteiger partial charge on any atom is -0.328 e. The summed E-state index contributed by atoms with van der Waals surface area (Å²) in [6.07, 6.45) is 5.10. The van der Waals surface area contributed by atoms with E-state index in [2.05, 4.69) is 0 Å². The quantitative estimate of drug-likeness (QED) is 0.653. The zero-order valence-electron chi connectivity index (χ0n) is 7.18. The number of carbonyl (C=O) groups excluding carboxylic acids is 1. The largest absolute Gasteiger partial charge is 0.328 e. The van der Waals surface area contributed by atoms with Crippen molar-refractivity contribution in [1.29, 1.82) is 0 Å². The van der Waals surface area contributed by atoms with Gasteiger partial charge in [-0.2, -0.15) is 0 Å². The van der Waals surface area contributed by atoms with Crippen molar-refractivity contribution in [1.82, 2.24) is 0 Å². The van der Waals surface area contributed by atoms with Crippen molar-refractivity contribution in [3.63, 3.8) is 0 Å². The Hall–Kier alpha value is -0.370. The zero-order chi connectivity index (χ0) is 8.27. The maximum atomic E-state index is 11.1. The van der Waals surface area contributed by atoms with Crippen molar-refractivity contribution >= 4 is 5.78 Å². The lowest BCUT2D eigenvalue weighted by Crippen LogP contribution is -2.19. The molecule has 0 bridgehead atoms. The molecule has 1 saturated carbocycles. The standard InChI is InChI=1S/C9H17NO/c1-7(10)6-9(11)5-4-8-2-3-8/h7-8H,2-6,10H2,1H3/t7-/m1/s1. The van der Waals surface area contributed by atoms with E-state index in [-0.39, 0.29) is 6.04 Å². The van der Waals surface area contributed by atoms with Crippen LogP contribution in [0.1, 0.15) is 39.0 Å². The molecule has 0 radical (unpaired) electrons. The first-order chi connectivity index (χ1) is 5.18. The smallest absolute Gasteiger partial charge is 0.134 e. The Kier molecular flexibility index (Phi) is 3.06. The van der Waals surface area contributed by atoms with E-state index in [9.17, 15) is 4.79 Å². The number of hydrogen-bond acceptors (Lipinski definition) is 2. The third-order valence-corrected chi connectivity index (χ3v) is 2.08. The first-order valence-electron chi connectivity index (χ1n) is 4.45. The Balaban J connectivity index is 2.00. The average molecular weight is 155 g/mol. The van der Waals surface area contributed by atoms with E-state index in [1.54, 1.807) is 0 Å². The molecular formula is C9H17NO. The summed E-state index contributed by atoms with van der Waals surface area (Å²) in [7, 11) is 0. The Morgan fingerprint density at radius 1 is 1.64 bits per heavy atom. The van der Waals surface area contributed by atoms with Gasteiger partial charge in [0.2, 0.25) is 0 Å². The van der Waals surface area contributed by atoms with Gasteiger partial charge >= 0.3 is 0 Å². The van der Waals surface area contributed by atoms with Crippen LogP contribution in [0.4, 0.5) is 0 Å². The van der Waals surface area contributed by atoms with Gasteiger partial charge in [0.15, 0.2) is 0 Å². The molecule has 0 unspecified atom stereocenters. The first kappa shape index (κ1) is 8.72. The van der Waals surface area contributed by atoms with Gasteiger partial charge in [-0.05, 0) is 19.3 Å². The lowest BCUT2D eigenvalue weighted by Gasteiger charge is -2.02. The van der Waals surface area contributed by atoms with Gasteiger partial charge in [-0.3, -0.25) is 4.79 Å². The predicted octanol–water partition coefficient (Wildman–Crippen LogP) is 1.48. The summed E-state index contributed by atoms with van der Waals surface area (Å²) in [5, 5.41) is 0. The maximum absolute atomic E-state index is 11.1. The minimum atomic E-state index is 0.0432. The van der Waals surface area contributed by atoms with Gasteiger partial charge in [-0.1, -0.05) is 12.8 Å². The van der Waals surface area contributed by atoms with E-state index in [0.29, 0.717) is 12.2 Å². The summed E-state index contributed by atoms with van der Waals surface area (Å²) in [6.45, 7) is 1.88. The molecule has 0 aromatic heterocycles. The Labute approximate surface area is 68.2 Å². The molecule has 0 aliphatic heterocycles. The molecule has 0 saturated heterocycles. The van der Waals surface area contributed by atoms with E-state index >= 15 is 0 Å². The molecule has 0 heterocycles. The molecule has 0 amide bonds. The summed E-state index contributed by atoms with van der Waals surface area (Å²) in [5.41, 5.74) is 5.49. The van der Waals surface area contributed by atoms with Crippen molar-refractivity contribution < 1.29 is 4.79 Å². The number of Topliss-reactive ketones (excluding diaryl/α,β-unsaturated/α-hetero) is 1. The van der Waals surface area contributed by atoms with Crippen LogP contribution < -0.4 is 5.73 Å². The first-order valence-corrected chi connectivity index (χ1v) is 4.45. The van der Waals surface area contributed by atoms with Crippen LogP contribution in [0.3, 0.4) is 0 Å². The lowest BCUT2D eigenvalue weighted by molar-refractivity contribution is -0.119. The minimum absolute atomic E-state index is 0.0432. The van der Waals surface area contributed by atoms with Crippen LogP contribution in [0.2, 0.25) is 0 Å². The highest BCUT2D eigenvalue weighted by Crippen LogP contribution is 2.33. The molecule has 1 atom stereocenters. The third-order valence-electron chi connectivity index (χ3n) is 2.08. The highest BCUT2D eigenvalue weighted by Gasteiger charge is 2.21. The second-order valence-corrected chi connectivity index (χ2v) is 3.70. The number of rotatable bonds is 5. The molecule has 1 rings (SSSR count). The summed E-state index contributed by atoms with van der Waals surface area (Å²) >= 11 is 0. The molecule has 0 aromatic carbocycles. The highest BCUT2D eigenvalue weighted by molar-refractivity contribution is 5.78. The number of carbonyl (C=O) groups is 1. The van der Waals surface area contributed by atoms with E-state index < -0.39 is 0 Å². The van der Waals surface area contributed by atoms with Crippen molar-refractivity contribution in [2.45, 2.75) is 45.1 Å².